The van der Waals surface area contributed by atoms with Gasteiger partial charge in [-0.25, -0.2) is 4.79 Å². The van der Waals surface area contributed by atoms with Gasteiger partial charge in [-0.15, -0.1) is 0 Å². The zero-order chi connectivity index (χ0) is 18.5. The van der Waals surface area contributed by atoms with Gasteiger partial charge in [-0.2, -0.15) is 0 Å². The number of ether oxygens (including phenoxy) is 2. The molecule has 1 aliphatic rings. The van der Waals surface area contributed by atoms with Crippen LogP contribution in [-0.4, -0.2) is 24.3 Å². The summed E-state index contributed by atoms with van der Waals surface area (Å²) in [5.41, 5.74) is 3.94. The Morgan fingerprint density at radius 1 is 1.23 bits per heavy atom. The van der Waals surface area contributed by atoms with E-state index in [1.807, 2.05) is 37.3 Å². The molecule has 0 saturated carbocycles. The van der Waals surface area contributed by atoms with Crippen LogP contribution < -0.4 is 4.74 Å². The van der Waals surface area contributed by atoms with Crippen molar-refractivity contribution in [1.82, 2.24) is 0 Å². The molecule has 0 fully saturated rings. The van der Waals surface area contributed by atoms with E-state index in [1.165, 1.54) is 5.56 Å². The molecule has 0 amide bonds. The number of fused-ring (bicyclic) bond motifs is 1. The molecule has 0 unspecified atom stereocenters. The Morgan fingerprint density at radius 3 is 2.73 bits per heavy atom. The number of benzene rings is 2. The molecule has 3 rings (SSSR count). The van der Waals surface area contributed by atoms with Gasteiger partial charge in [0.15, 0.2) is 0 Å². The molecule has 4 nitrogen and oxygen atoms in total. The number of rotatable bonds is 5. The first-order valence-electron chi connectivity index (χ1n) is 8.97. The maximum absolute atomic E-state index is 12.5. The molecule has 26 heavy (non-hydrogen) atoms. The molecule has 1 heterocycles. The fourth-order valence-corrected chi connectivity index (χ4v) is 3.14. The van der Waals surface area contributed by atoms with Crippen molar-refractivity contribution >= 4 is 5.97 Å². The van der Waals surface area contributed by atoms with Gasteiger partial charge < -0.3 is 14.6 Å². The van der Waals surface area contributed by atoms with Gasteiger partial charge in [0.05, 0.1) is 6.61 Å². The van der Waals surface area contributed by atoms with Gasteiger partial charge in [-0.05, 0) is 55.9 Å². The summed E-state index contributed by atoms with van der Waals surface area (Å²) in [6, 6.07) is 12.0. The van der Waals surface area contributed by atoms with E-state index in [-0.39, 0.29) is 17.9 Å². The van der Waals surface area contributed by atoms with Crippen LogP contribution in [0.4, 0.5) is 0 Å². The summed E-state index contributed by atoms with van der Waals surface area (Å²) >= 11 is 0. The number of carbonyl (C=O) groups excluding carboxylic acids is 1. The minimum atomic E-state index is -0.485. The zero-order valence-corrected chi connectivity index (χ0v) is 15.2. The minimum Gasteiger partial charge on any atom is -0.507 e. The molecule has 136 valence electrons. The molecule has 0 atom stereocenters. The predicted molar refractivity (Wildman–Crippen MR) is 101 cm³/mol. The predicted octanol–water partition coefficient (Wildman–Crippen LogP) is 4.24. The lowest BCUT2D eigenvalue weighted by molar-refractivity contribution is 0.0521. The second-order valence-electron chi connectivity index (χ2n) is 6.49. The monoisotopic (exact) mass is 352 g/mol. The van der Waals surface area contributed by atoms with Crippen LogP contribution in [0.25, 0.3) is 0 Å². The maximum atomic E-state index is 12.5. The van der Waals surface area contributed by atoms with Crippen LogP contribution in [0.1, 0.15) is 40.9 Å². The number of carbonyl (C=O) groups is 1. The highest BCUT2D eigenvalue weighted by Gasteiger charge is 2.25. The second-order valence-corrected chi connectivity index (χ2v) is 6.49. The Morgan fingerprint density at radius 2 is 2.00 bits per heavy atom. The van der Waals surface area contributed by atoms with Crippen molar-refractivity contribution in [3.8, 4) is 11.5 Å². The molecule has 4 heteroatoms. The van der Waals surface area contributed by atoms with Crippen molar-refractivity contribution in [2.24, 2.45) is 0 Å². The Bertz CT molecular complexity index is 822. The Balaban J connectivity index is 1.99. The van der Waals surface area contributed by atoms with Crippen LogP contribution in [-0.2, 0) is 24.0 Å². The number of phenolic OH excluding ortho intramolecular Hbond substituents is 1. The van der Waals surface area contributed by atoms with Crippen molar-refractivity contribution in [3.05, 3.63) is 70.3 Å². The van der Waals surface area contributed by atoms with E-state index >= 15 is 0 Å². The highest BCUT2D eigenvalue weighted by molar-refractivity contribution is 5.95. The lowest BCUT2D eigenvalue weighted by atomic mass is 9.94. The van der Waals surface area contributed by atoms with Gasteiger partial charge in [-0.1, -0.05) is 36.4 Å². The number of aromatic hydroxyl groups is 1. The molecule has 0 radical (unpaired) electrons. The first-order chi connectivity index (χ1) is 12.6. The quantitative estimate of drug-likeness (QED) is 0.646. The van der Waals surface area contributed by atoms with E-state index in [1.54, 1.807) is 6.92 Å². The lowest BCUT2D eigenvalue weighted by Crippen LogP contribution is -2.11. The van der Waals surface area contributed by atoms with Gasteiger partial charge >= 0.3 is 5.97 Å². The average Bonchev–Trinajstić information content (AvgIpc) is 2.83. The lowest BCUT2D eigenvalue weighted by Gasteiger charge is -2.17. The minimum absolute atomic E-state index is 0.0186. The van der Waals surface area contributed by atoms with Crippen molar-refractivity contribution in [2.75, 3.05) is 13.2 Å². The third-order valence-corrected chi connectivity index (χ3v) is 4.56. The average molecular weight is 352 g/mol. The largest absolute Gasteiger partial charge is 0.507 e. The normalized spacial score (nSPS) is 13.2. The first-order valence-corrected chi connectivity index (χ1v) is 8.97. The van der Waals surface area contributed by atoms with Crippen LogP contribution in [0.2, 0.25) is 0 Å². The molecule has 0 spiro atoms. The van der Waals surface area contributed by atoms with Gasteiger partial charge in [0.1, 0.15) is 23.7 Å². The van der Waals surface area contributed by atoms with E-state index in [0.29, 0.717) is 30.8 Å². The summed E-state index contributed by atoms with van der Waals surface area (Å²) in [5.74, 6) is 0.141. The Labute approximate surface area is 154 Å². The van der Waals surface area contributed by atoms with Crippen LogP contribution in [0.3, 0.4) is 0 Å². The van der Waals surface area contributed by atoms with Crippen molar-refractivity contribution in [2.45, 2.75) is 33.1 Å². The third kappa shape index (κ3) is 3.90. The highest BCUT2D eigenvalue weighted by atomic mass is 16.5. The van der Waals surface area contributed by atoms with E-state index in [0.717, 1.165) is 17.6 Å². The van der Waals surface area contributed by atoms with Gasteiger partial charge in [-0.3, -0.25) is 0 Å². The molecule has 0 aliphatic carbocycles. The molecule has 0 aromatic heterocycles. The fraction of sp³-hybridized carbons (Fsp3) is 0.318. The van der Waals surface area contributed by atoms with Gasteiger partial charge in [0, 0.05) is 5.56 Å². The van der Waals surface area contributed by atoms with Crippen molar-refractivity contribution < 1.29 is 19.4 Å². The Hall–Kier alpha value is -2.75. The summed E-state index contributed by atoms with van der Waals surface area (Å²) < 4.78 is 11.0. The third-order valence-electron chi connectivity index (χ3n) is 4.56. The molecule has 1 aliphatic heterocycles. The van der Waals surface area contributed by atoms with Crippen LogP contribution in [0.15, 0.2) is 48.0 Å². The molecule has 1 N–H and O–H groups in total. The van der Waals surface area contributed by atoms with Gasteiger partial charge in [0.2, 0.25) is 0 Å². The molecule has 0 saturated heterocycles. The van der Waals surface area contributed by atoms with E-state index in [2.05, 4.69) is 12.1 Å². The molecule has 2 aromatic carbocycles. The molecule has 0 bridgehead atoms. The number of hydrogen-bond acceptors (Lipinski definition) is 4. The second kappa shape index (κ2) is 8.09. The number of esters is 1. The first kappa shape index (κ1) is 18.1. The zero-order valence-electron chi connectivity index (χ0n) is 15.2. The SMILES string of the molecule is CCOC(=O)c1c(CCc2ccccc2)cc2c(c1O)CC=C(C)CO2. The molecule has 2 aromatic rings. The van der Waals surface area contributed by atoms with Crippen molar-refractivity contribution in [1.29, 1.82) is 0 Å². The topological polar surface area (TPSA) is 55.8 Å². The Kier molecular flexibility index (Phi) is 5.61. The maximum Gasteiger partial charge on any atom is 0.342 e. The highest BCUT2D eigenvalue weighted by Crippen LogP contribution is 2.37. The summed E-state index contributed by atoms with van der Waals surface area (Å²) in [6.07, 6.45) is 3.94. The van der Waals surface area contributed by atoms with E-state index in [9.17, 15) is 9.90 Å². The van der Waals surface area contributed by atoms with E-state index < -0.39 is 5.97 Å². The van der Waals surface area contributed by atoms with Crippen LogP contribution >= 0.6 is 0 Å². The van der Waals surface area contributed by atoms with Crippen LogP contribution in [0.5, 0.6) is 11.5 Å². The summed E-state index contributed by atoms with van der Waals surface area (Å²) in [4.78, 5) is 12.5. The standard InChI is InChI=1S/C22H24O4/c1-3-25-22(24)20-17(11-10-16-7-5-4-6-8-16)13-19-18(21(20)23)12-9-15(2)14-26-19/h4-9,13,23H,3,10-12,14H2,1-2H3. The number of aryl methyl sites for hydroxylation is 2. The fourth-order valence-electron chi connectivity index (χ4n) is 3.14. The summed E-state index contributed by atoms with van der Waals surface area (Å²) in [6.45, 7) is 4.51. The molecular weight excluding hydrogens is 328 g/mol. The van der Waals surface area contributed by atoms with Crippen molar-refractivity contribution in [3.63, 3.8) is 0 Å². The summed E-state index contributed by atoms with van der Waals surface area (Å²) in [7, 11) is 0. The molecular formula is C22H24O4. The number of hydrogen-bond donors (Lipinski definition) is 1. The number of allylic oxidation sites excluding steroid dienone is 1. The van der Waals surface area contributed by atoms with E-state index in [4.69, 9.17) is 9.47 Å². The number of phenols is 1. The summed E-state index contributed by atoms with van der Waals surface area (Å²) in [5, 5.41) is 10.8. The smallest absolute Gasteiger partial charge is 0.342 e. The van der Waals surface area contributed by atoms with Crippen LogP contribution in [0, 0.1) is 0 Å². The van der Waals surface area contributed by atoms with Gasteiger partial charge in [0.25, 0.3) is 0 Å².